The van der Waals surface area contributed by atoms with Gasteiger partial charge in [0.15, 0.2) is 0 Å². The van der Waals surface area contributed by atoms with Gasteiger partial charge in [0, 0.05) is 12.6 Å². The fourth-order valence-corrected chi connectivity index (χ4v) is 5.02. The first-order chi connectivity index (χ1) is 20.5. The van der Waals surface area contributed by atoms with E-state index in [4.69, 9.17) is 11.6 Å². The quantitative estimate of drug-likeness (QED) is 0.181. The topological polar surface area (TPSA) is 53.6 Å². The van der Waals surface area contributed by atoms with Crippen LogP contribution < -0.4 is 5.32 Å². The molecular weight excluding hydrogens is 630 g/mol. The minimum atomic E-state index is -5.49. The molecule has 0 aliphatic heterocycles. The van der Waals surface area contributed by atoms with Gasteiger partial charge in [0.05, 0.1) is 32.9 Å². The second-order valence-corrected chi connectivity index (χ2v) is 10.2. The molecule has 230 valence electrons. The summed E-state index contributed by atoms with van der Waals surface area (Å²) in [6.07, 6.45) is -15.0. The van der Waals surface area contributed by atoms with E-state index >= 15 is 0 Å². The van der Waals surface area contributed by atoms with E-state index in [1.165, 1.54) is 12.1 Å². The molecule has 0 saturated carbocycles. The van der Waals surface area contributed by atoms with Gasteiger partial charge >= 0.3 is 18.5 Å². The number of hydrogen-bond acceptors (Lipinski definition) is 3. The van der Waals surface area contributed by atoms with Gasteiger partial charge < -0.3 is 10.3 Å². The van der Waals surface area contributed by atoms with Crippen LogP contribution >= 0.6 is 11.6 Å². The van der Waals surface area contributed by atoms with Crippen molar-refractivity contribution >= 4 is 28.6 Å². The minimum absolute atomic E-state index is 0.0584. The summed E-state index contributed by atoms with van der Waals surface area (Å²) in [7, 11) is 0. The van der Waals surface area contributed by atoms with Crippen molar-refractivity contribution in [1.29, 1.82) is 0 Å². The second kappa shape index (κ2) is 11.0. The van der Waals surface area contributed by atoms with Crippen LogP contribution in [0, 0.1) is 5.82 Å². The second-order valence-electron chi connectivity index (χ2n) is 9.75. The molecule has 0 radical (unpaired) electrons. The van der Waals surface area contributed by atoms with Gasteiger partial charge in [-0.2, -0.15) is 39.5 Å². The number of pyridine rings is 1. The van der Waals surface area contributed by atoms with Crippen LogP contribution in [0.4, 0.5) is 49.9 Å². The first kappa shape index (κ1) is 31.1. The molecule has 0 spiro atoms. The minimum Gasteiger partial charge on any atom is -0.340 e. The maximum absolute atomic E-state index is 14.8. The lowest BCUT2D eigenvalue weighted by Gasteiger charge is -2.36. The number of alkyl halides is 9. The van der Waals surface area contributed by atoms with Crippen LogP contribution in [0.1, 0.15) is 33.5 Å². The van der Waals surface area contributed by atoms with Crippen LogP contribution in [0.3, 0.4) is 0 Å². The predicted molar refractivity (Wildman–Crippen MR) is 141 cm³/mol. The van der Waals surface area contributed by atoms with E-state index in [1.54, 1.807) is 30.3 Å². The van der Waals surface area contributed by atoms with Gasteiger partial charge in [-0.25, -0.2) is 9.37 Å². The Balaban J connectivity index is 1.81. The molecular formula is C29H17ClF10N4. The smallest absolute Gasteiger partial charge is 0.340 e. The highest BCUT2D eigenvalue weighted by Crippen LogP contribution is 2.45. The van der Waals surface area contributed by atoms with Crippen LogP contribution in [0.25, 0.3) is 11.0 Å². The lowest BCUT2D eigenvalue weighted by molar-refractivity contribution is -0.161. The molecule has 5 rings (SSSR count). The van der Waals surface area contributed by atoms with Gasteiger partial charge in [0.2, 0.25) is 5.95 Å². The third-order valence-electron chi connectivity index (χ3n) is 6.77. The monoisotopic (exact) mass is 646 g/mol. The van der Waals surface area contributed by atoms with E-state index in [9.17, 15) is 43.9 Å². The molecule has 3 aromatic carbocycles. The molecule has 2 heterocycles. The average Bonchev–Trinajstić information content (AvgIpc) is 3.33. The predicted octanol–water partition coefficient (Wildman–Crippen LogP) is 9.41. The average molecular weight is 647 g/mol. The van der Waals surface area contributed by atoms with E-state index in [0.717, 1.165) is 18.3 Å². The Bertz CT molecular complexity index is 1800. The van der Waals surface area contributed by atoms with Crippen LogP contribution in [0.2, 0.25) is 5.02 Å². The number of fused-ring (bicyclic) bond motifs is 1. The van der Waals surface area contributed by atoms with Crippen molar-refractivity contribution in [3.63, 3.8) is 0 Å². The number of imidazole rings is 1. The molecule has 2 N–H and O–H groups in total. The number of anilines is 1. The number of H-pyrrole nitrogens is 1. The molecule has 0 fully saturated rings. The Morgan fingerprint density at radius 1 is 0.750 bits per heavy atom. The third-order valence-corrected chi connectivity index (χ3v) is 6.99. The van der Waals surface area contributed by atoms with Crippen molar-refractivity contribution in [3.8, 4) is 0 Å². The molecule has 0 saturated heterocycles. The van der Waals surface area contributed by atoms with Gasteiger partial charge in [-0.3, -0.25) is 4.98 Å². The summed E-state index contributed by atoms with van der Waals surface area (Å²) in [5.41, 5.74) is -8.93. The van der Waals surface area contributed by atoms with Crippen molar-refractivity contribution < 1.29 is 43.9 Å². The summed E-state index contributed by atoms with van der Waals surface area (Å²) < 4.78 is 139. The summed E-state index contributed by atoms with van der Waals surface area (Å²) in [6, 6.07) is 13.4. The van der Waals surface area contributed by atoms with E-state index in [-0.39, 0.29) is 34.8 Å². The zero-order valence-electron chi connectivity index (χ0n) is 21.8. The fraction of sp³-hybridized carbons (Fsp3) is 0.172. The van der Waals surface area contributed by atoms with Crippen LogP contribution in [-0.4, -0.2) is 15.0 Å². The molecule has 0 aliphatic carbocycles. The number of hydrogen-bond donors (Lipinski definition) is 2. The van der Waals surface area contributed by atoms with Crippen LogP contribution in [0.5, 0.6) is 0 Å². The Hall–Kier alpha value is -4.33. The van der Waals surface area contributed by atoms with Crippen molar-refractivity contribution in [3.05, 3.63) is 123 Å². The van der Waals surface area contributed by atoms with Gasteiger partial charge in [-0.15, -0.1) is 0 Å². The van der Waals surface area contributed by atoms with Crippen molar-refractivity contribution in [1.82, 2.24) is 15.0 Å². The molecule has 1 unspecified atom stereocenters. The molecule has 0 amide bonds. The summed E-state index contributed by atoms with van der Waals surface area (Å²) in [5, 5.41) is 2.89. The number of nitrogens with zero attached hydrogens (tertiary/aromatic N) is 2. The standard InChI is InChI=1S/C29H17ClF10N4/c30-18-6-9-22(41-14-18)26(13-15-4-2-1-3-5-15,16-10-17(27(32,33)34)12-19(31)11-16)44-25-42-21-8-7-20(28(35,36)37)23(24(21)43-25)29(38,39)40/h1-12,14H,13H2,(H2,42,43,44). The van der Waals surface area contributed by atoms with Crippen LogP contribution in [0.15, 0.2) is 79.0 Å². The van der Waals surface area contributed by atoms with Gasteiger partial charge in [-0.1, -0.05) is 41.9 Å². The first-order valence-electron chi connectivity index (χ1n) is 12.5. The fourth-order valence-electron chi connectivity index (χ4n) is 4.91. The maximum atomic E-state index is 14.8. The summed E-state index contributed by atoms with van der Waals surface area (Å²) in [4.78, 5) is 10.5. The van der Waals surface area contributed by atoms with Crippen molar-refractivity contribution in [2.24, 2.45) is 0 Å². The zero-order chi connectivity index (χ0) is 32.1. The zero-order valence-corrected chi connectivity index (χ0v) is 22.5. The molecule has 0 aliphatic rings. The molecule has 1 atom stereocenters. The Kier molecular flexibility index (Phi) is 7.77. The maximum Gasteiger partial charge on any atom is 0.419 e. The van der Waals surface area contributed by atoms with E-state index in [1.807, 2.05) is 0 Å². The molecule has 2 aromatic heterocycles. The van der Waals surface area contributed by atoms with Gasteiger partial charge in [-0.05, 0) is 53.6 Å². The Morgan fingerprint density at radius 2 is 1.43 bits per heavy atom. The van der Waals surface area contributed by atoms with Crippen LogP contribution in [-0.2, 0) is 30.5 Å². The third kappa shape index (κ3) is 6.16. The van der Waals surface area contributed by atoms with Gasteiger partial charge in [0.1, 0.15) is 16.9 Å². The van der Waals surface area contributed by atoms with E-state index < -0.39 is 63.6 Å². The molecule has 0 bridgehead atoms. The highest BCUT2D eigenvalue weighted by atomic mass is 35.5. The van der Waals surface area contributed by atoms with Gasteiger partial charge in [0.25, 0.3) is 0 Å². The van der Waals surface area contributed by atoms with E-state index in [0.29, 0.717) is 11.6 Å². The van der Waals surface area contributed by atoms with Crippen molar-refractivity contribution in [2.75, 3.05) is 5.32 Å². The SMILES string of the molecule is Fc1cc(C(F)(F)F)cc(C(Cc2ccccc2)(Nc2nc3c(C(F)(F)F)c(C(F)(F)F)ccc3[nH]2)c2ccc(Cl)cn2)c1. The number of rotatable bonds is 6. The van der Waals surface area contributed by atoms with E-state index in [2.05, 4.69) is 20.3 Å². The molecule has 44 heavy (non-hydrogen) atoms. The number of aromatic nitrogens is 3. The first-order valence-corrected chi connectivity index (χ1v) is 12.8. The number of aromatic amines is 1. The normalized spacial score (nSPS) is 14.1. The molecule has 15 heteroatoms. The molecule has 4 nitrogen and oxygen atoms in total. The Labute approximate surface area is 246 Å². The highest BCUT2D eigenvalue weighted by molar-refractivity contribution is 6.30. The molecule has 5 aromatic rings. The lowest BCUT2D eigenvalue weighted by Crippen LogP contribution is -2.40. The lowest BCUT2D eigenvalue weighted by atomic mass is 9.80. The number of halogens is 11. The summed E-state index contributed by atoms with van der Waals surface area (Å²) >= 11 is 6.00. The van der Waals surface area contributed by atoms with Crippen molar-refractivity contribution in [2.45, 2.75) is 30.5 Å². The largest absolute Gasteiger partial charge is 0.419 e. The number of nitrogens with one attached hydrogen (secondary N) is 2. The summed E-state index contributed by atoms with van der Waals surface area (Å²) in [6.45, 7) is 0. The highest BCUT2D eigenvalue weighted by Gasteiger charge is 2.46. The Morgan fingerprint density at radius 3 is 2.02 bits per heavy atom. The summed E-state index contributed by atoms with van der Waals surface area (Å²) in [5.74, 6) is -1.85. The number of benzene rings is 3.